The molecule has 1 aliphatic carbocycles. The van der Waals surface area contributed by atoms with Gasteiger partial charge in [0.2, 0.25) is 0 Å². The molecular weight excluding hydrogens is 174 g/mol. The Morgan fingerprint density at radius 1 is 1.07 bits per heavy atom. The molecule has 1 saturated carbocycles. The molecule has 0 spiro atoms. The van der Waals surface area contributed by atoms with Gasteiger partial charge in [0.15, 0.2) is 0 Å². The highest BCUT2D eigenvalue weighted by Crippen LogP contribution is 2.31. The van der Waals surface area contributed by atoms with Gasteiger partial charge in [0.1, 0.15) is 0 Å². The van der Waals surface area contributed by atoms with E-state index in [9.17, 15) is 0 Å². The standard InChI is InChI=1S/C11H21N3/c1-2-10(1)7-13-8-11(9-13)14-5-3-12-4-6-14/h10-12H,1-9H2. The summed E-state index contributed by atoms with van der Waals surface area (Å²) >= 11 is 0. The molecule has 3 nitrogen and oxygen atoms in total. The summed E-state index contributed by atoms with van der Waals surface area (Å²) in [6.07, 6.45) is 2.99. The van der Waals surface area contributed by atoms with Crippen LogP contribution in [0.3, 0.4) is 0 Å². The summed E-state index contributed by atoms with van der Waals surface area (Å²) in [7, 11) is 0. The topological polar surface area (TPSA) is 18.5 Å². The summed E-state index contributed by atoms with van der Waals surface area (Å²) in [6.45, 7) is 9.00. The lowest BCUT2D eigenvalue weighted by Gasteiger charge is -2.47. The molecule has 0 unspecified atom stereocenters. The Kier molecular flexibility index (Phi) is 2.48. The molecule has 2 aliphatic heterocycles. The van der Waals surface area contributed by atoms with Gasteiger partial charge >= 0.3 is 0 Å². The van der Waals surface area contributed by atoms with Gasteiger partial charge in [-0.2, -0.15) is 0 Å². The summed E-state index contributed by atoms with van der Waals surface area (Å²) in [4.78, 5) is 5.31. The fraction of sp³-hybridized carbons (Fsp3) is 1.00. The lowest BCUT2D eigenvalue weighted by Crippen LogP contribution is -2.62. The van der Waals surface area contributed by atoms with Crippen LogP contribution in [0.25, 0.3) is 0 Å². The number of hydrogen-bond donors (Lipinski definition) is 1. The van der Waals surface area contributed by atoms with Crippen molar-refractivity contribution in [2.45, 2.75) is 18.9 Å². The minimum absolute atomic E-state index is 0.885. The van der Waals surface area contributed by atoms with E-state index < -0.39 is 0 Å². The first-order chi connectivity index (χ1) is 6.92. The van der Waals surface area contributed by atoms with E-state index in [2.05, 4.69) is 15.1 Å². The number of nitrogens with one attached hydrogen (secondary N) is 1. The number of hydrogen-bond acceptors (Lipinski definition) is 3. The van der Waals surface area contributed by atoms with Crippen LogP contribution in [0.2, 0.25) is 0 Å². The van der Waals surface area contributed by atoms with Gasteiger partial charge in [0, 0.05) is 51.9 Å². The summed E-state index contributed by atoms with van der Waals surface area (Å²) in [5.74, 6) is 1.07. The first kappa shape index (κ1) is 9.13. The lowest BCUT2D eigenvalue weighted by atomic mass is 10.1. The molecule has 0 radical (unpaired) electrons. The first-order valence-electron chi connectivity index (χ1n) is 6.09. The van der Waals surface area contributed by atoms with Gasteiger partial charge in [0.25, 0.3) is 0 Å². The highest BCUT2D eigenvalue weighted by Gasteiger charge is 2.35. The minimum atomic E-state index is 0.885. The summed E-state index contributed by atoms with van der Waals surface area (Å²) < 4.78 is 0. The van der Waals surface area contributed by atoms with E-state index in [4.69, 9.17) is 0 Å². The van der Waals surface area contributed by atoms with Crippen LogP contribution in [0.5, 0.6) is 0 Å². The number of rotatable bonds is 3. The molecule has 3 rings (SSSR count). The van der Waals surface area contributed by atoms with E-state index in [0.717, 1.165) is 12.0 Å². The summed E-state index contributed by atoms with van der Waals surface area (Å²) in [5, 5.41) is 3.42. The highest BCUT2D eigenvalue weighted by atomic mass is 15.3. The fourth-order valence-corrected chi connectivity index (χ4v) is 2.64. The second-order valence-electron chi connectivity index (χ2n) is 5.10. The first-order valence-corrected chi connectivity index (χ1v) is 6.09. The van der Waals surface area contributed by atoms with E-state index in [0.29, 0.717) is 0 Å². The molecule has 14 heavy (non-hydrogen) atoms. The van der Waals surface area contributed by atoms with Crippen molar-refractivity contribution < 1.29 is 0 Å². The van der Waals surface area contributed by atoms with Crippen molar-refractivity contribution in [1.82, 2.24) is 15.1 Å². The monoisotopic (exact) mass is 195 g/mol. The van der Waals surface area contributed by atoms with Crippen LogP contribution in [0.15, 0.2) is 0 Å². The minimum Gasteiger partial charge on any atom is -0.314 e. The third-order valence-electron chi connectivity index (χ3n) is 3.82. The number of nitrogens with zero attached hydrogens (tertiary/aromatic N) is 2. The summed E-state index contributed by atoms with van der Waals surface area (Å²) in [6, 6.07) is 0.885. The average Bonchev–Trinajstić information content (AvgIpc) is 2.96. The highest BCUT2D eigenvalue weighted by molar-refractivity contribution is 4.92. The molecule has 3 fully saturated rings. The molecule has 0 aromatic heterocycles. The zero-order valence-corrected chi connectivity index (χ0v) is 8.91. The molecule has 0 atom stereocenters. The molecule has 1 N–H and O–H groups in total. The van der Waals surface area contributed by atoms with E-state index in [1.54, 1.807) is 0 Å². The van der Waals surface area contributed by atoms with Crippen LogP contribution in [0.4, 0.5) is 0 Å². The molecule has 0 aromatic rings. The molecule has 2 saturated heterocycles. The van der Waals surface area contributed by atoms with E-state index in [1.165, 1.54) is 58.7 Å². The Labute approximate surface area is 86.4 Å². The van der Waals surface area contributed by atoms with Crippen molar-refractivity contribution in [3.8, 4) is 0 Å². The van der Waals surface area contributed by atoms with Crippen LogP contribution >= 0.6 is 0 Å². The Morgan fingerprint density at radius 2 is 1.79 bits per heavy atom. The third kappa shape index (κ3) is 1.95. The maximum Gasteiger partial charge on any atom is 0.0351 e. The smallest absolute Gasteiger partial charge is 0.0351 e. The van der Waals surface area contributed by atoms with Crippen LogP contribution in [0.1, 0.15) is 12.8 Å². The zero-order chi connectivity index (χ0) is 9.38. The Balaban J connectivity index is 1.39. The number of likely N-dealkylation sites (tertiary alicyclic amines) is 1. The largest absolute Gasteiger partial charge is 0.314 e. The average molecular weight is 195 g/mol. The van der Waals surface area contributed by atoms with E-state index >= 15 is 0 Å². The molecular formula is C11H21N3. The van der Waals surface area contributed by atoms with Gasteiger partial charge in [-0.15, -0.1) is 0 Å². The van der Waals surface area contributed by atoms with Crippen molar-refractivity contribution in [2.24, 2.45) is 5.92 Å². The predicted molar refractivity (Wildman–Crippen MR) is 57.4 cm³/mol. The molecule has 2 heterocycles. The van der Waals surface area contributed by atoms with Crippen LogP contribution in [-0.4, -0.2) is 61.7 Å². The van der Waals surface area contributed by atoms with Gasteiger partial charge in [-0.25, -0.2) is 0 Å². The van der Waals surface area contributed by atoms with Gasteiger partial charge in [-0.05, 0) is 18.8 Å². The second-order valence-corrected chi connectivity index (χ2v) is 5.10. The van der Waals surface area contributed by atoms with Crippen molar-refractivity contribution in [3.05, 3.63) is 0 Å². The van der Waals surface area contributed by atoms with Gasteiger partial charge < -0.3 is 5.32 Å². The molecule has 0 aromatic carbocycles. The quantitative estimate of drug-likeness (QED) is 0.683. The Morgan fingerprint density at radius 3 is 2.43 bits per heavy atom. The van der Waals surface area contributed by atoms with Gasteiger partial charge in [-0.3, -0.25) is 9.80 Å². The third-order valence-corrected chi connectivity index (χ3v) is 3.82. The Hall–Kier alpha value is -0.120. The zero-order valence-electron chi connectivity index (χ0n) is 8.91. The van der Waals surface area contributed by atoms with Crippen molar-refractivity contribution in [2.75, 3.05) is 45.8 Å². The molecule has 80 valence electrons. The number of piperazine rings is 1. The van der Waals surface area contributed by atoms with Crippen molar-refractivity contribution in [3.63, 3.8) is 0 Å². The fourth-order valence-electron chi connectivity index (χ4n) is 2.64. The SMILES string of the molecule is C1CN(C2CN(CC3CC3)C2)CCN1. The second kappa shape index (κ2) is 3.80. The normalized spacial score (nSPS) is 31.7. The van der Waals surface area contributed by atoms with E-state index in [-0.39, 0.29) is 0 Å². The molecule has 0 amide bonds. The molecule has 3 heteroatoms. The van der Waals surface area contributed by atoms with Crippen LogP contribution in [-0.2, 0) is 0 Å². The van der Waals surface area contributed by atoms with Crippen molar-refractivity contribution in [1.29, 1.82) is 0 Å². The van der Waals surface area contributed by atoms with Gasteiger partial charge in [-0.1, -0.05) is 0 Å². The van der Waals surface area contributed by atoms with Crippen LogP contribution < -0.4 is 5.32 Å². The Bertz CT molecular complexity index is 191. The molecule has 3 aliphatic rings. The lowest BCUT2D eigenvalue weighted by molar-refractivity contribution is 0.0246. The molecule has 0 bridgehead atoms. The van der Waals surface area contributed by atoms with Crippen LogP contribution in [0, 0.1) is 5.92 Å². The van der Waals surface area contributed by atoms with Gasteiger partial charge in [0.05, 0.1) is 0 Å². The summed E-state index contributed by atoms with van der Waals surface area (Å²) in [5.41, 5.74) is 0. The maximum absolute atomic E-state index is 3.42. The van der Waals surface area contributed by atoms with E-state index in [1.807, 2.05) is 0 Å². The van der Waals surface area contributed by atoms with Crippen molar-refractivity contribution >= 4 is 0 Å². The maximum atomic E-state index is 3.42. The predicted octanol–water partition coefficient (Wildman–Crippen LogP) is -0.0142.